The largest absolute Gasteiger partial charge is 0.345 e. The lowest BCUT2D eigenvalue weighted by Crippen LogP contribution is -2.29. The SMILES string of the molecule is CCCCCCCCCc1ccc(C(=O)CNC(=O)c2ccc(CCCCCC)cc2)cc1. The zero-order valence-electron chi connectivity index (χ0n) is 20.8. The molecule has 3 heteroatoms. The van der Waals surface area contributed by atoms with E-state index in [9.17, 15) is 9.59 Å². The fourth-order valence-corrected chi connectivity index (χ4v) is 4.09. The predicted octanol–water partition coefficient (Wildman–Crippen LogP) is 7.72. The van der Waals surface area contributed by atoms with Crippen LogP contribution >= 0.6 is 0 Å². The van der Waals surface area contributed by atoms with Crippen LogP contribution in [0.2, 0.25) is 0 Å². The molecule has 0 atom stereocenters. The summed E-state index contributed by atoms with van der Waals surface area (Å²) in [5, 5.41) is 2.77. The summed E-state index contributed by atoms with van der Waals surface area (Å²) in [6.45, 7) is 4.48. The van der Waals surface area contributed by atoms with Gasteiger partial charge in [-0.25, -0.2) is 0 Å². The third-order valence-corrected chi connectivity index (χ3v) is 6.29. The lowest BCUT2D eigenvalue weighted by molar-refractivity contribution is 0.0904. The lowest BCUT2D eigenvalue weighted by Gasteiger charge is -2.07. The van der Waals surface area contributed by atoms with Gasteiger partial charge in [0.15, 0.2) is 5.78 Å². The maximum absolute atomic E-state index is 12.5. The van der Waals surface area contributed by atoms with E-state index in [4.69, 9.17) is 0 Å². The van der Waals surface area contributed by atoms with E-state index < -0.39 is 0 Å². The summed E-state index contributed by atoms with van der Waals surface area (Å²) in [7, 11) is 0. The second kappa shape index (κ2) is 16.2. The van der Waals surface area contributed by atoms with Crippen molar-refractivity contribution in [2.24, 2.45) is 0 Å². The van der Waals surface area contributed by atoms with Crippen molar-refractivity contribution < 1.29 is 9.59 Å². The van der Waals surface area contributed by atoms with Crippen molar-refractivity contribution in [2.45, 2.75) is 97.3 Å². The van der Waals surface area contributed by atoms with Crippen LogP contribution in [0.3, 0.4) is 0 Å². The molecule has 0 unspecified atom stereocenters. The number of ketones is 1. The Kier molecular flexibility index (Phi) is 13.2. The van der Waals surface area contributed by atoms with Gasteiger partial charge in [-0.05, 0) is 48.9 Å². The molecule has 0 saturated heterocycles. The van der Waals surface area contributed by atoms with Crippen molar-refractivity contribution in [2.75, 3.05) is 6.54 Å². The molecule has 0 bridgehead atoms. The normalized spacial score (nSPS) is 10.8. The van der Waals surface area contributed by atoms with E-state index in [2.05, 4.69) is 19.2 Å². The molecule has 180 valence electrons. The number of hydrogen-bond donors (Lipinski definition) is 1. The van der Waals surface area contributed by atoms with E-state index in [0.29, 0.717) is 11.1 Å². The number of amides is 1. The first-order chi connectivity index (χ1) is 16.1. The van der Waals surface area contributed by atoms with Crippen molar-refractivity contribution in [1.82, 2.24) is 5.32 Å². The van der Waals surface area contributed by atoms with Crippen LogP contribution in [0.4, 0.5) is 0 Å². The van der Waals surface area contributed by atoms with Crippen molar-refractivity contribution in [3.8, 4) is 0 Å². The number of carbonyl (C=O) groups excluding carboxylic acids is 2. The molecule has 0 saturated carbocycles. The second-order valence-corrected chi connectivity index (χ2v) is 9.18. The van der Waals surface area contributed by atoms with Crippen molar-refractivity contribution in [1.29, 1.82) is 0 Å². The Hall–Kier alpha value is -2.42. The highest BCUT2D eigenvalue weighted by molar-refractivity contribution is 6.02. The first kappa shape index (κ1) is 26.8. The van der Waals surface area contributed by atoms with Crippen LogP contribution in [0.15, 0.2) is 48.5 Å². The van der Waals surface area contributed by atoms with Crippen LogP contribution in [0.1, 0.15) is 116 Å². The number of aryl methyl sites for hydroxylation is 2. The van der Waals surface area contributed by atoms with Gasteiger partial charge in [0.05, 0.1) is 6.54 Å². The number of rotatable bonds is 17. The molecule has 3 nitrogen and oxygen atoms in total. The van der Waals surface area contributed by atoms with Crippen LogP contribution in [-0.2, 0) is 12.8 Å². The Bertz CT molecular complexity index is 808. The summed E-state index contributed by atoms with van der Waals surface area (Å²) in [6, 6.07) is 15.6. The molecule has 2 rings (SSSR count). The smallest absolute Gasteiger partial charge is 0.251 e. The number of unbranched alkanes of at least 4 members (excludes halogenated alkanes) is 9. The van der Waals surface area contributed by atoms with E-state index in [-0.39, 0.29) is 18.2 Å². The van der Waals surface area contributed by atoms with Crippen molar-refractivity contribution in [3.63, 3.8) is 0 Å². The van der Waals surface area contributed by atoms with Crippen LogP contribution in [0.25, 0.3) is 0 Å². The van der Waals surface area contributed by atoms with E-state index in [0.717, 1.165) is 12.8 Å². The molecular weight excluding hydrogens is 406 g/mol. The van der Waals surface area contributed by atoms with E-state index in [1.165, 1.54) is 81.8 Å². The summed E-state index contributed by atoms with van der Waals surface area (Å²) in [5.74, 6) is -0.255. The van der Waals surface area contributed by atoms with Gasteiger partial charge in [0.25, 0.3) is 5.91 Å². The highest BCUT2D eigenvalue weighted by atomic mass is 16.2. The third kappa shape index (κ3) is 10.8. The van der Waals surface area contributed by atoms with Crippen molar-refractivity contribution in [3.05, 3.63) is 70.8 Å². The Balaban J connectivity index is 1.69. The van der Waals surface area contributed by atoms with Gasteiger partial charge in [0.2, 0.25) is 0 Å². The van der Waals surface area contributed by atoms with Gasteiger partial charge in [-0.15, -0.1) is 0 Å². The van der Waals surface area contributed by atoms with Gasteiger partial charge in [-0.1, -0.05) is 108 Å². The summed E-state index contributed by atoms with van der Waals surface area (Å²) >= 11 is 0. The van der Waals surface area contributed by atoms with Gasteiger partial charge in [0.1, 0.15) is 0 Å². The van der Waals surface area contributed by atoms with Gasteiger partial charge in [0, 0.05) is 11.1 Å². The van der Waals surface area contributed by atoms with Gasteiger partial charge >= 0.3 is 0 Å². The Morgan fingerprint density at radius 3 is 1.52 bits per heavy atom. The summed E-state index contributed by atoms with van der Waals surface area (Å²) in [5.41, 5.74) is 3.79. The molecule has 2 aromatic carbocycles. The predicted molar refractivity (Wildman–Crippen MR) is 139 cm³/mol. The Morgan fingerprint density at radius 1 is 0.576 bits per heavy atom. The fraction of sp³-hybridized carbons (Fsp3) is 0.533. The van der Waals surface area contributed by atoms with E-state index in [1.54, 1.807) is 0 Å². The molecule has 0 aliphatic rings. The number of hydrogen-bond acceptors (Lipinski definition) is 2. The quantitative estimate of drug-likeness (QED) is 0.198. The molecule has 0 heterocycles. The summed E-state index contributed by atoms with van der Waals surface area (Å²) in [6.07, 6.45) is 16.2. The molecule has 0 radical (unpaired) electrons. The molecule has 1 amide bonds. The van der Waals surface area contributed by atoms with E-state index >= 15 is 0 Å². The molecule has 2 aromatic rings. The van der Waals surface area contributed by atoms with Crippen LogP contribution in [0.5, 0.6) is 0 Å². The van der Waals surface area contributed by atoms with Crippen LogP contribution in [0, 0.1) is 0 Å². The minimum Gasteiger partial charge on any atom is -0.345 e. The standard InChI is InChI=1S/C30H43NO2/c1-3-5-7-9-10-11-13-15-25-16-20-27(21-17-25)29(32)24-31-30(33)28-22-18-26(19-23-28)14-12-8-6-4-2/h16-23H,3-15,24H2,1-2H3,(H,31,33). The molecule has 1 N–H and O–H groups in total. The number of Topliss-reactive ketones (excluding diaryl/α,β-unsaturated/α-hetero) is 1. The molecule has 33 heavy (non-hydrogen) atoms. The van der Waals surface area contributed by atoms with Crippen LogP contribution < -0.4 is 5.32 Å². The summed E-state index contributed by atoms with van der Waals surface area (Å²) in [4.78, 5) is 24.9. The monoisotopic (exact) mass is 449 g/mol. The Labute approximate surface area is 201 Å². The zero-order valence-corrected chi connectivity index (χ0v) is 20.8. The fourth-order valence-electron chi connectivity index (χ4n) is 4.09. The highest BCUT2D eigenvalue weighted by Crippen LogP contribution is 2.13. The van der Waals surface area contributed by atoms with E-state index in [1.807, 2.05) is 48.5 Å². The molecular formula is C30H43NO2. The van der Waals surface area contributed by atoms with Crippen molar-refractivity contribution >= 4 is 11.7 Å². The first-order valence-electron chi connectivity index (χ1n) is 13.1. The first-order valence-corrected chi connectivity index (χ1v) is 13.1. The van der Waals surface area contributed by atoms with Crippen LogP contribution in [-0.4, -0.2) is 18.2 Å². The van der Waals surface area contributed by atoms with Gasteiger partial charge in [-0.2, -0.15) is 0 Å². The number of benzene rings is 2. The maximum atomic E-state index is 12.5. The summed E-state index contributed by atoms with van der Waals surface area (Å²) < 4.78 is 0. The third-order valence-electron chi connectivity index (χ3n) is 6.29. The lowest BCUT2D eigenvalue weighted by atomic mass is 10.0. The molecule has 0 aliphatic heterocycles. The van der Waals surface area contributed by atoms with Gasteiger partial charge in [-0.3, -0.25) is 9.59 Å². The maximum Gasteiger partial charge on any atom is 0.251 e. The molecule has 0 aliphatic carbocycles. The molecule has 0 aromatic heterocycles. The molecule has 0 fully saturated rings. The van der Waals surface area contributed by atoms with Gasteiger partial charge < -0.3 is 5.32 Å². The average molecular weight is 450 g/mol. The second-order valence-electron chi connectivity index (χ2n) is 9.18. The Morgan fingerprint density at radius 2 is 1.00 bits per heavy atom. The minimum absolute atomic E-state index is 0.0225. The topological polar surface area (TPSA) is 46.2 Å². The number of carbonyl (C=O) groups is 2. The molecule has 0 spiro atoms. The highest BCUT2D eigenvalue weighted by Gasteiger charge is 2.10. The zero-order chi connectivity index (χ0) is 23.7. The average Bonchev–Trinajstić information content (AvgIpc) is 2.85. The minimum atomic E-state index is -0.198. The number of nitrogens with one attached hydrogen (secondary N) is 1.